The van der Waals surface area contributed by atoms with Crippen LogP contribution in [-0.4, -0.2) is 24.3 Å². The summed E-state index contributed by atoms with van der Waals surface area (Å²) < 4.78 is 19.0. The number of benzene rings is 4. The minimum absolute atomic E-state index is 0.180. The predicted octanol–water partition coefficient (Wildman–Crippen LogP) is 6.18. The molecule has 6 rings (SSSR count). The molecule has 1 aliphatic heterocycles. The lowest BCUT2D eigenvalue weighted by Crippen LogP contribution is -2.40. The average Bonchev–Trinajstić information content (AvgIpc) is 3.38. The Bertz CT molecular complexity index is 2070. The van der Waals surface area contributed by atoms with E-state index in [0.29, 0.717) is 43.7 Å². The van der Waals surface area contributed by atoms with Gasteiger partial charge in [0.05, 0.1) is 35.6 Å². The topological polar surface area (TPSA) is 79.1 Å². The first-order valence-electron chi connectivity index (χ1n) is 14.4. The van der Waals surface area contributed by atoms with Crippen LogP contribution in [0.4, 0.5) is 0 Å². The number of carbonyl (C=O) groups excluding carboxylic acids is 1. The molecule has 0 saturated heterocycles. The van der Waals surface area contributed by atoms with Gasteiger partial charge in [-0.1, -0.05) is 95.7 Å². The van der Waals surface area contributed by atoms with Gasteiger partial charge in [0.15, 0.2) is 4.80 Å². The van der Waals surface area contributed by atoms with Gasteiger partial charge in [-0.15, -0.1) is 0 Å². The van der Waals surface area contributed by atoms with E-state index in [-0.39, 0.29) is 12.2 Å². The van der Waals surface area contributed by atoms with Crippen molar-refractivity contribution in [2.45, 2.75) is 19.6 Å². The second-order valence-electron chi connectivity index (χ2n) is 10.2. The summed E-state index contributed by atoms with van der Waals surface area (Å²) in [5.74, 6) is 0.773. The maximum Gasteiger partial charge on any atom is 0.338 e. The van der Waals surface area contributed by atoms with E-state index in [1.165, 1.54) is 11.3 Å². The van der Waals surface area contributed by atoms with E-state index >= 15 is 0 Å². The van der Waals surface area contributed by atoms with Gasteiger partial charge in [0, 0.05) is 16.1 Å². The molecular formula is C36H29ClN2O5S. The van der Waals surface area contributed by atoms with Crippen molar-refractivity contribution in [3.63, 3.8) is 0 Å². The van der Waals surface area contributed by atoms with Crippen LogP contribution in [0.3, 0.4) is 0 Å². The standard InChI is InChI=1S/C36H29ClN2O5S/c1-3-43-35(41)31-32(24-11-5-4-6-12-24)38-36-39(33(31)25-16-18-27(42-2)19-17-25)34(40)30(45-36)21-23-10-9-14-28(20-23)44-22-26-13-7-8-15-29(26)37/h4-21,33H,3,22H2,1-2H3/b30-21+/t33-/m0/s1. The van der Waals surface area contributed by atoms with E-state index in [0.717, 1.165) is 22.3 Å². The quantitative estimate of drug-likeness (QED) is 0.181. The van der Waals surface area contributed by atoms with Crippen LogP contribution in [0.15, 0.2) is 118 Å². The fraction of sp³-hybridized carbons (Fsp3) is 0.139. The summed E-state index contributed by atoms with van der Waals surface area (Å²) in [5.41, 5.74) is 3.63. The summed E-state index contributed by atoms with van der Waals surface area (Å²) in [4.78, 5) is 33.2. The van der Waals surface area contributed by atoms with Crippen LogP contribution in [0, 0.1) is 0 Å². The Balaban J connectivity index is 1.48. The molecule has 0 unspecified atom stereocenters. The van der Waals surface area contributed by atoms with E-state index in [9.17, 15) is 9.59 Å². The van der Waals surface area contributed by atoms with E-state index < -0.39 is 12.0 Å². The molecule has 0 radical (unpaired) electrons. The largest absolute Gasteiger partial charge is 0.497 e. The molecule has 7 nitrogen and oxygen atoms in total. The van der Waals surface area contributed by atoms with Crippen molar-refractivity contribution in [2.24, 2.45) is 4.99 Å². The predicted molar refractivity (Wildman–Crippen MR) is 176 cm³/mol. The zero-order valence-electron chi connectivity index (χ0n) is 24.6. The Kier molecular flexibility index (Phi) is 8.96. The van der Waals surface area contributed by atoms with Crippen LogP contribution in [0.25, 0.3) is 11.8 Å². The van der Waals surface area contributed by atoms with Crippen LogP contribution in [-0.2, 0) is 16.1 Å². The van der Waals surface area contributed by atoms with Crippen LogP contribution in [0.1, 0.15) is 35.2 Å². The van der Waals surface area contributed by atoms with Gasteiger partial charge in [0.2, 0.25) is 0 Å². The molecule has 0 spiro atoms. The number of rotatable bonds is 9. The maximum atomic E-state index is 14.2. The lowest BCUT2D eigenvalue weighted by atomic mass is 9.93. The van der Waals surface area contributed by atoms with E-state index in [2.05, 4.69) is 0 Å². The molecule has 2 heterocycles. The number of nitrogens with zero attached hydrogens (tertiary/aromatic N) is 2. The number of hydrogen-bond donors (Lipinski definition) is 0. The zero-order chi connectivity index (χ0) is 31.3. The Morgan fingerprint density at radius 3 is 2.44 bits per heavy atom. The van der Waals surface area contributed by atoms with Gasteiger partial charge in [0.25, 0.3) is 5.56 Å². The van der Waals surface area contributed by atoms with Gasteiger partial charge >= 0.3 is 5.97 Å². The first-order valence-corrected chi connectivity index (χ1v) is 15.5. The van der Waals surface area contributed by atoms with Gasteiger partial charge in [-0.2, -0.15) is 0 Å². The summed E-state index contributed by atoms with van der Waals surface area (Å²) in [7, 11) is 1.59. The molecule has 0 bridgehead atoms. The average molecular weight is 637 g/mol. The molecule has 4 aromatic carbocycles. The highest BCUT2D eigenvalue weighted by molar-refractivity contribution is 7.07. The van der Waals surface area contributed by atoms with Gasteiger partial charge in [-0.05, 0) is 54.5 Å². The van der Waals surface area contributed by atoms with Crippen molar-refractivity contribution in [2.75, 3.05) is 13.7 Å². The second-order valence-corrected chi connectivity index (χ2v) is 11.6. The van der Waals surface area contributed by atoms with Gasteiger partial charge in [-0.25, -0.2) is 9.79 Å². The Labute approximate surface area is 268 Å². The summed E-state index contributed by atoms with van der Waals surface area (Å²) in [6.45, 7) is 2.25. The lowest BCUT2D eigenvalue weighted by Gasteiger charge is -2.26. The van der Waals surface area contributed by atoms with Crippen molar-refractivity contribution in [1.82, 2.24) is 4.57 Å². The first kappa shape index (κ1) is 30.1. The minimum atomic E-state index is -0.770. The lowest BCUT2D eigenvalue weighted by molar-refractivity contribution is -0.138. The molecule has 45 heavy (non-hydrogen) atoms. The highest BCUT2D eigenvalue weighted by atomic mass is 35.5. The van der Waals surface area contributed by atoms with Gasteiger partial charge in [-0.3, -0.25) is 9.36 Å². The van der Waals surface area contributed by atoms with Crippen molar-refractivity contribution >= 4 is 40.7 Å². The molecule has 0 amide bonds. The van der Waals surface area contributed by atoms with E-state index in [1.54, 1.807) is 18.6 Å². The van der Waals surface area contributed by atoms with Gasteiger partial charge < -0.3 is 14.2 Å². The van der Waals surface area contributed by atoms with Crippen molar-refractivity contribution in [1.29, 1.82) is 0 Å². The van der Waals surface area contributed by atoms with Crippen molar-refractivity contribution in [3.8, 4) is 11.5 Å². The van der Waals surface area contributed by atoms with E-state index in [4.69, 9.17) is 30.8 Å². The zero-order valence-corrected chi connectivity index (χ0v) is 26.2. The number of carbonyl (C=O) groups is 1. The highest BCUT2D eigenvalue weighted by Crippen LogP contribution is 2.35. The summed E-state index contributed by atoms with van der Waals surface area (Å²) in [6, 6.07) is 31.1. The minimum Gasteiger partial charge on any atom is -0.497 e. The second kappa shape index (κ2) is 13.4. The number of esters is 1. The number of halogens is 1. The molecule has 1 aromatic heterocycles. The number of aromatic nitrogens is 1. The van der Waals surface area contributed by atoms with Crippen LogP contribution in [0.5, 0.6) is 11.5 Å². The Morgan fingerprint density at radius 1 is 0.956 bits per heavy atom. The summed E-state index contributed by atoms with van der Waals surface area (Å²) >= 11 is 7.56. The molecule has 0 aliphatic carbocycles. The van der Waals surface area contributed by atoms with Crippen LogP contribution < -0.4 is 24.4 Å². The maximum absolute atomic E-state index is 14.2. The number of ether oxygens (including phenoxy) is 3. The number of methoxy groups -OCH3 is 1. The summed E-state index contributed by atoms with van der Waals surface area (Å²) in [6.07, 6.45) is 1.81. The molecule has 0 fully saturated rings. The molecule has 1 aliphatic rings. The molecule has 5 aromatic rings. The van der Waals surface area contributed by atoms with Gasteiger partial charge in [0.1, 0.15) is 18.1 Å². The Morgan fingerprint density at radius 2 is 1.71 bits per heavy atom. The fourth-order valence-electron chi connectivity index (χ4n) is 5.16. The smallest absolute Gasteiger partial charge is 0.338 e. The first-order chi connectivity index (χ1) is 22.0. The molecule has 0 N–H and O–H groups in total. The molecular weight excluding hydrogens is 608 g/mol. The third kappa shape index (κ3) is 6.34. The highest BCUT2D eigenvalue weighted by Gasteiger charge is 2.35. The number of thiazole rings is 1. The molecule has 1 atom stereocenters. The number of fused-ring (bicyclic) bond motifs is 1. The van der Waals surface area contributed by atoms with Crippen molar-refractivity contribution in [3.05, 3.63) is 156 Å². The van der Waals surface area contributed by atoms with Crippen LogP contribution in [0.2, 0.25) is 5.02 Å². The molecule has 226 valence electrons. The monoisotopic (exact) mass is 636 g/mol. The fourth-order valence-corrected chi connectivity index (χ4v) is 6.36. The SMILES string of the molecule is CCOC(=O)C1=C(c2ccccc2)N=c2s/c(=C/c3cccc(OCc4ccccc4Cl)c3)c(=O)n2[C@H]1c1ccc(OC)cc1. The number of hydrogen-bond acceptors (Lipinski definition) is 7. The third-order valence-electron chi connectivity index (χ3n) is 7.31. The van der Waals surface area contributed by atoms with Crippen molar-refractivity contribution < 1.29 is 19.0 Å². The summed E-state index contributed by atoms with van der Waals surface area (Å²) in [5, 5.41) is 0.637. The molecule has 9 heteroatoms. The van der Waals surface area contributed by atoms with E-state index in [1.807, 2.05) is 109 Å². The normalized spacial score (nSPS) is 14.5. The third-order valence-corrected chi connectivity index (χ3v) is 8.66. The Hall–Kier alpha value is -4.92. The molecule has 0 saturated carbocycles. The van der Waals surface area contributed by atoms with Crippen LogP contribution >= 0.6 is 22.9 Å².